The summed E-state index contributed by atoms with van der Waals surface area (Å²) in [7, 11) is 5.69. The molecule has 1 aliphatic rings. The van der Waals surface area contributed by atoms with Gasteiger partial charge in [0.05, 0.1) is 12.0 Å². The van der Waals surface area contributed by atoms with E-state index >= 15 is 0 Å². The van der Waals surface area contributed by atoms with Crippen LogP contribution in [0.2, 0.25) is 0 Å². The zero-order chi connectivity index (χ0) is 13.0. The van der Waals surface area contributed by atoms with Gasteiger partial charge in [-0.15, -0.1) is 0 Å². The standard InChI is InChI=1S/C14H17BO3/c1-2-18-13(16)14(7-9-17-10-8-14)11-3-5-12(15)6-4-11/h3-6H,2,7-10H2,1H3. The Balaban J connectivity index is 2.34. The van der Waals surface area contributed by atoms with Crippen molar-refractivity contribution in [1.29, 1.82) is 0 Å². The van der Waals surface area contributed by atoms with Gasteiger partial charge in [-0.05, 0) is 25.3 Å². The minimum atomic E-state index is -0.567. The maximum absolute atomic E-state index is 12.3. The molecule has 1 heterocycles. The van der Waals surface area contributed by atoms with Crippen molar-refractivity contribution in [3.63, 3.8) is 0 Å². The van der Waals surface area contributed by atoms with Crippen LogP contribution in [0.3, 0.4) is 0 Å². The number of rotatable bonds is 3. The van der Waals surface area contributed by atoms with Crippen LogP contribution in [0.4, 0.5) is 0 Å². The van der Waals surface area contributed by atoms with Crippen molar-refractivity contribution in [2.45, 2.75) is 25.2 Å². The van der Waals surface area contributed by atoms with Gasteiger partial charge in [-0.25, -0.2) is 0 Å². The van der Waals surface area contributed by atoms with Crippen LogP contribution in [0.5, 0.6) is 0 Å². The fourth-order valence-corrected chi connectivity index (χ4v) is 2.40. The second-order valence-corrected chi connectivity index (χ2v) is 4.54. The molecule has 0 unspecified atom stereocenters. The molecule has 1 aromatic rings. The van der Waals surface area contributed by atoms with E-state index in [1.807, 2.05) is 31.2 Å². The third-order valence-electron chi connectivity index (χ3n) is 3.48. The van der Waals surface area contributed by atoms with Gasteiger partial charge in [0.2, 0.25) is 0 Å². The Hall–Kier alpha value is -1.29. The molecule has 1 saturated heterocycles. The van der Waals surface area contributed by atoms with Crippen molar-refractivity contribution < 1.29 is 14.3 Å². The highest BCUT2D eigenvalue weighted by molar-refractivity contribution is 6.32. The molecule has 94 valence electrons. The Morgan fingerprint density at radius 2 is 1.94 bits per heavy atom. The predicted octanol–water partition coefficient (Wildman–Crippen LogP) is 1.09. The molecule has 0 saturated carbocycles. The lowest BCUT2D eigenvalue weighted by atomic mass is 9.73. The molecular formula is C14H17BO3. The summed E-state index contributed by atoms with van der Waals surface area (Å²) in [5, 5.41) is 0. The number of carbonyl (C=O) groups is 1. The number of benzene rings is 1. The average Bonchev–Trinajstić information content (AvgIpc) is 2.40. The molecule has 0 N–H and O–H groups in total. The lowest BCUT2D eigenvalue weighted by Crippen LogP contribution is -2.42. The summed E-state index contributed by atoms with van der Waals surface area (Å²) in [6, 6.07) is 7.48. The Kier molecular flexibility index (Phi) is 4.07. The molecule has 18 heavy (non-hydrogen) atoms. The van der Waals surface area contributed by atoms with Gasteiger partial charge in [0, 0.05) is 13.2 Å². The molecule has 1 aliphatic heterocycles. The number of ether oxygens (including phenoxy) is 2. The van der Waals surface area contributed by atoms with Crippen LogP contribution >= 0.6 is 0 Å². The van der Waals surface area contributed by atoms with Crippen LogP contribution < -0.4 is 5.46 Å². The maximum Gasteiger partial charge on any atom is 0.316 e. The minimum absolute atomic E-state index is 0.155. The van der Waals surface area contributed by atoms with E-state index in [2.05, 4.69) is 0 Å². The molecule has 0 bridgehead atoms. The number of hydrogen-bond donors (Lipinski definition) is 0. The average molecular weight is 244 g/mol. The van der Waals surface area contributed by atoms with Crippen molar-refractivity contribution in [3.05, 3.63) is 29.8 Å². The molecule has 4 heteroatoms. The molecule has 3 nitrogen and oxygen atoms in total. The summed E-state index contributed by atoms with van der Waals surface area (Å²) in [4.78, 5) is 12.3. The van der Waals surface area contributed by atoms with Crippen molar-refractivity contribution in [1.82, 2.24) is 0 Å². The molecule has 1 fully saturated rings. The van der Waals surface area contributed by atoms with Crippen molar-refractivity contribution >= 4 is 19.3 Å². The lowest BCUT2D eigenvalue weighted by Gasteiger charge is -2.35. The topological polar surface area (TPSA) is 35.5 Å². The first-order chi connectivity index (χ1) is 8.69. The van der Waals surface area contributed by atoms with Crippen LogP contribution in [0, 0.1) is 0 Å². The first-order valence-corrected chi connectivity index (χ1v) is 6.30. The minimum Gasteiger partial charge on any atom is -0.465 e. The monoisotopic (exact) mass is 244 g/mol. The molecule has 1 aromatic carbocycles. The molecule has 2 radical (unpaired) electrons. The SMILES string of the molecule is [B]c1ccc(C2(C(=O)OCC)CCOCC2)cc1. The fourth-order valence-electron chi connectivity index (χ4n) is 2.40. The van der Waals surface area contributed by atoms with Gasteiger partial charge in [0.15, 0.2) is 0 Å². The van der Waals surface area contributed by atoms with E-state index in [4.69, 9.17) is 17.3 Å². The van der Waals surface area contributed by atoms with Gasteiger partial charge in [-0.1, -0.05) is 29.7 Å². The Morgan fingerprint density at radius 3 is 2.50 bits per heavy atom. The van der Waals surface area contributed by atoms with E-state index in [1.165, 1.54) is 0 Å². The van der Waals surface area contributed by atoms with Crippen molar-refractivity contribution in [3.8, 4) is 0 Å². The first-order valence-electron chi connectivity index (χ1n) is 6.30. The largest absolute Gasteiger partial charge is 0.465 e. The van der Waals surface area contributed by atoms with Gasteiger partial charge in [0.25, 0.3) is 0 Å². The smallest absolute Gasteiger partial charge is 0.316 e. The molecule has 0 spiro atoms. The summed E-state index contributed by atoms with van der Waals surface area (Å²) in [5.41, 5.74) is 1.10. The molecule has 0 aliphatic carbocycles. The Morgan fingerprint density at radius 1 is 1.33 bits per heavy atom. The van der Waals surface area contributed by atoms with E-state index in [0.29, 0.717) is 38.1 Å². The summed E-state index contributed by atoms with van der Waals surface area (Å²) in [6.45, 7) is 3.40. The summed E-state index contributed by atoms with van der Waals surface area (Å²) in [5.74, 6) is -0.155. The second kappa shape index (κ2) is 5.57. The van der Waals surface area contributed by atoms with E-state index in [9.17, 15) is 4.79 Å². The summed E-state index contributed by atoms with van der Waals surface area (Å²) >= 11 is 0. The number of esters is 1. The van der Waals surface area contributed by atoms with Gasteiger partial charge in [0.1, 0.15) is 7.85 Å². The highest BCUT2D eigenvalue weighted by atomic mass is 16.5. The van der Waals surface area contributed by atoms with Gasteiger partial charge < -0.3 is 9.47 Å². The summed E-state index contributed by atoms with van der Waals surface area (Å²) < 4.78 is 10.6. The predicted molar refractivity (Wildman–Crippen MR) is 70.2 cm³/mol. The lowest BCUT2D eigenvalue weighted by molar-refractivity contribution is -0.154. The zero-order valence-corrected chi connectivity index (χ0v) is 10.6. The third-order valence-corrected chi connectivity index (χ3v) is 3.48. The van der Waals surface area contributed by atoms with Crippen LogP contribution in [0.25, 0.3) is 0 Å². The van der Waals surface area contributed by atoms with Crippen LogP contribution in [-0.2, 0) is 19.7 Å². The van der Waals surface area contributed by atoms with Crippen LogP contribution in [0.1, 0.15) is 25.3 Å². The number of carbonyl (C=O) groups excluding carboxylic acids is 1. The van der Waals surface area contributed by atoms with E-state index in [1.54, 1.807) is 0 Å². The molecule has 0 amide bonds. The second-order valence-electron chi connectivity index (χ2n) is 4.54. The third kappa shape index (κ3) is 2.44. The van der Waals surface area contributed by atoms with E-state index in [0.717, 1.165) is 5.56 Å². The van der Waals surface area contributed by atoms with Crippen LogP contribution in [-0.4, -0.2) is 33.6 Å². The van der Waals surface area contributed by atoms with Crippen LogP contribution in [0.15, 0.2) is 24.3 Å². The van der Waals surface area contributed by atoms with Gasteiger partial charge in [-0.3, -0.25) is 4.79 Å². The highest BCUT2D eigenvalue weighted by Gasteiger charge is 2.42. The van der Waals surface area contributed by atoms with Gasteiger partial charge >= 0.3 is 5.97 Å². The highest BCUT2D eigenvalue weighted by Crippen LogP contribution is 2.35. The van der Waals surface area contributed by atoms with E-state index in [-0.39, 0.29) is 5.97 Å². The normalized spacial score (nSPS) is 18.3. The van der Waals surface area contributed by atoms with Crippen molar-refractivity contribution in [2.24, 2.45) is 0 Å². The van der Waals surface area contributed by atoms with E-state index < -0.39 is 5.41 Å². The fraction of sp³-hybridized carbons (Fsp3) is 0.500. The quantitative estimate of drug-likeness (QED) is 0.589. The molecule has 0 aromatic heterocycles. The molecule has 2 rings (SSSR count). The first kappa shape index (κ1) is 13.2. The summed E-state index contributed by atoms with van der Waals surface area (Å²) in [6.07, 6.45) is 1.32. The van der Waals surface area contributed by atoms with Gasteiger partial charge in [-0.2, -0.15) is 0 Å². The molecule has 0 atom stereocenters. The Labute approximate surface area is 109 Å². The Bertz CT molecular complexity index is 408. The maximum atomic E-state index is 12.3. The van der Waals surface area contributed by atoms with Crippen molar-refractivity contribution in [2.75, 3.05) is 19.8 Å². The zero-order valence-electron chi connectivity index (χ0n) is 10.6. The molecular weight excluding hydrogens is 227 g/mol. The number of hydrogen-bond acceptors (Lipinski definition) is 3.